The lowest BCUT2D eigenvalue weighted by atomic mass is 9.62. The number of hydrogen-bond donors (Lipinski definition) is 1. The predicted octanol–water partition coefficient (Wildman–Crippen LogP) is 3.50. The first kappa shape index (κ1) is 16.2. The van der Waals surface area contributed by atoms with Gasteiger partial charge >= 0.3 is 0 Å². The number of rotatable bonds is 1. The van der Waals surface area contributed by atoms with Gasteiger partial charge in [-0.3, -0.25) is 4.79 Å². The van der Waals surface area contributed by atoms with Crippen molar-refractivity contribution in [3.63, 3.8) is 0 Å². The zero-order chi connectivity index (χ0) is 16.1. The molecular formula is C19H30O3. The largest absolute Gasteiger partial charge is 0.387 e. The van der Waals surface area contributed by atoms with Crippen LogP contribution >= 0.6 is 0 Å². The fourth-order valence-electron chi connectivity index (χ4n) is 5.05. The predicted molar refractivity (Wildman–Crippen MR) is 86.4 cm³/mol. The van der Waals surface area contributed by atoms with Crippen molar-refractivity contribution < 1.29 is 14.6 Å². The maximum atomic E-state index is 12.6. The fraction of sp³-hybridized carbons (Fsp3) is 0.842. The number of allylic oxidation sites excluding steroid dienone is 1. The molecule has 1 saturated carbocycles. The molecular weight excluding hydrogens is 276 g/mol. The molecule has 2 fully saturated rings. The summed E-state index contributed by atoms with van der Waals surface area (Å²) >= 11 is 0. The molecule has 3 nitrogen and oxygen atoms in total. The maximum Gasteiger partial charge on any atom is 0.138 e. The SMILES string of the molecule is C/C1=C/CC[C@@](C)(O)[C@@H]2O[C@H](C1)[C@H]1C(=O)CC[C@H](C(C)C)[C@H]12. The zero-order valence-electron chi connectivity index (χ0n) is 14.3. The summed E-state index contributed by atoms with van der Waals surface area (Å²) in [4.78, 5) is 12.6. The van der Waals surface area contributed by atoms with Gasteiger partial charge in [0.1, 0.15) is 5.78 Å². The zero-order valence-corrected chi connectivity index (χ0v) is 14.3. The van der Waals surface area contributed by atoms with E-state index in [1.807, 2.05) is 6.92 Å². The first-order chi connectivity index (χ1) is 10.3. The summed E-state index contributed by atoms with van der Waals surface area (Å²) in [5, 5.41) is 11.0. The third-order valence-electron chi connectivity index (χ3n) is 6.21. The summed E-state index contributed by atoms with van der Waals surface area (Å²) in [6.45, 7) is 8.52. The van der Waals surface area contributed by atoms with E-state index in [9.17, 15) is 9.90 Å². The molecule has 2 aliphatic heterocycles. The first-order valence-electron chi connectivity index (χ1n) is 8.87. The highest BCUT2D eigenvalue weighted by molar-refractivity contribution is 5.83. The third-order valence-corrected chi connectivity index (χ3v) is 6.21. The number of fused-ring (bicyclic) bond motifs is 5. The highest BCUT2D eigenvalue weighted by Crippen LogP contribution is 2.51. The lowest BCUT2D eigenvalue weighted by Gasteiger charge is -2.42. The Morgan fingerprint density at radius 1 is 1.41 bits per heavy atom. The van der Waals surface area contributed by atoms with Crippen molar-refractivity contribution in [2.45, 2.75) is 77.6 Å². The van der Waals surface area contributed by atoms with Crippen molar-refractivity contribution in [2.24, 2.45) is 23.7 Å². The molecule has 6 atom stereocenters. The number of aliphatic hydroxyl groups is 1. The van der Waals surface area contributed by atoms with Gasteiger partial charge in [0.25, 0.3) is 0 Å². The monoisotopic (exact) mass is 306 g/mol. The van der Waals surface area contributed by atoms with Crippen molar-refractivity contribution >= 4 is 5.78 Å². The molecule has 3 aliphatic rings. The molecule has 1 N–H and O–H groups in total. The van der Waals surface area contributed by atoms with E-state index in [1.54, 1.807) is 0 Å². The Labute approximate surface area is 134 Å². The van der Waals surface area contributed by atoms with Gasteiger partial charge < -0.3 is 9.84 Å². The van der Waals surface area contributed by atoms with Gasteiger partial charge in [0.2, 0.25) is 0 Å². The van der Waals surface area contributed by atoms with Gasteiger partial charge in [-0.05, 0) is 51.4 Å². The van der Waals surface area contributed by atoms with Gasteiger partial charge in [-0.25, -0.2) is 0 Å². The van der Waals surface area contributed by atoms with Gasteiger partial charge in [-0.15, -0.1) is 0 Å². The number of ether oxygens (including phenoxy) is 1. The Bertz CT molecular complexity index is 477. The molecule has 0 aromatic carbocycles. The number of carbonyl (C=O) groups is 1. The molecule has 0 aromatic heterocycles. The van der Waals surface area contributed by atoms with Crippen LogP contribution < -0.4 is 0 Å². The molecule has 3 heteroatoms. The van der Waals surface area contributed by atoms with Gasteiger partial charge in [-0.2, -0.15) is 0 Å². The van der Waals surface area contributed by atoms with Crippen LogP contribution in [0.4, 0.5) is 0 Å². The molecule has 0 aromatic rings. The van der Waals surface area contributed by atoms with Crippen molar-refractivity contribution in [1.82, 2.24) is 0 Å². The molecule has 0 unspecified atom stereocenters. The second kappa shape index (κ2) is 5.76. The molecule has 0 spiro atoms. The van der Waals surface area contributed by atoms with E-state index in [0.717, 1.165) is 19.3 Å². The summed E-state index contributed by atoms with van der Waals surface area (Å²) in [6.07, 6.45) is 6.05. The van der Waals surface area contributed by atoms with Crippen LogP contribution in [0.3, 0.4) is 0 Å². The molecule has 2 heterocycles. The smallest absolute Gasteiger partial charge is 0.138 e. The Morgan fingerprint density at radius 3 is 2.82 bits per heavy atom. The molecule has 2 bridgehead atoms. The van der Waals surface area contributed by atoms with Crippen LogP contribution in [0.15, 0.2) is 11.6 Å². The standard InChI is InChI=1S/C19H30O3/c1-11(2)13-7-8-14(20)17-15-10-12(3)6-5-9-19(4,21)18(22-15)16(13)17/h6,11,13,15-18,21H,5,7-10H2,1-4H3/b12-6-/t13-,15-,16-,17-,18-,19-/m1/s1. The normalized spacial score (nSPS) is 48.2. The summed E-state index contributed by atoms with van der Waals surface area (Å²) in [5.41, 5.74) is 0.449. The first-order valence-corrected chi connectivity index (χ1v) is 8.87. The molecule has 3 rings (SSSR count). The molecule has 0 amide bonds. The minimum atomic E-state index is -0.844. The van der Waals surface area contributed by atoms with Crippen LogP contribution in [0.25, 0.3) is 0 Å². The number of Topliss-reactive ketones (excluding diaryl/α,β-unsaturated/α-hetero) is 1. The molecule has 124 valence electrons. The second-order valence-electron chi connectivity index (χ2n) is 8.26. The van der Waals surface area contributed by atoms with Crippen LogP contribution in [-0.4, -0.2) is 28.7 Å². The Kier molecular flexibility index (Phi) is 4.24. The minimum absolute atomic E-state index is 0.0147. The van der Waals surface area contributed by atoms with Crippen molar-refractivity contribution in [2.75, 3.05) is 0 Å². The lowest BCUT2D eigenvalue weighted by molar-refractivity contribution is -0.130. The number of hydrogen-bond acceptors (Lipinski definition) is 3. The van der Waals surface area contributed by atoms with Crippen molar-refractivity contribution in [3.8, 4) is 0 Å². The van der Waals surface area contributed by atoms with E-state index in [1.165, 1.54) is 5.57 Å². The van der Waals surface area contributed by atoms with Gasteiger partial charge in [0, 0.05) is 18.3 Å². The summed E-state index contributed by atoms with van der Waals surface area (Å²) in [6, 6.07) is 0. The van der Waals surface area contributed by atoms with Crippen molar-refractivity contribution in [3.05, 3.63) is 11.6 Å². The van der Waals surface area contributed by atoms with E-state index >= 15 is 0 Å². The van der Waals surface area contributed by atoms with E-state index in [2.05, 4.69) is 26.8 Å². The third kappa shape index (κ3) is 2.67. The topological polar surface area (TPSA) is 46.5 Å². The summed E-state index contributed by atoms with van der Waals surface area (Å²) in [5.74, 6) is 1.54. The average molecular weight is 306 g/mol. The molecule has 0 radical (unpaired) electrons. The highest BCUT2D eigenvalue weighted by atomic mass is 16.5. The van der Waals surface area contributed by atoms with Crippen LogP contribution in [0, 0.1) is 23.7 Å². The van der Waals surface area contributed by atoms with Gasteiger partial charge in [-0.1, -0.05) is 25.5 Å². The molecule has 22 heavy (non-hydrogen) atoms. The van der Waals surface area contributed by atoms with Gasteiger partial charge in [0.05, 0.1) is 17.8 Å². The van der Waals surface area contributed by atoms with E-state index in [4.69, 9.17) is 4.74 Å². The molecule has 1 aliphatic carbocycles. The average Bonchev–Trinajstić information content (AvgIpc) is 2.80. The van der Waals surface area contributed by atoms with Crippen molar-refractivity contribution in [1.29, 1.82) is 0 Å². The highest BCUT2D eigenvalue weighted by Gasteiger charge is 2.58. The fourth-order valence-corrected chi connectivity index (χ4v) is 5.05. The van der Waals surface area contributed by atoms with Crippen LogP contribution in [0.1, 0.15) is 59.8 Å². The minimum Gasteiger partial charge on any atom is -0.387 e. The van der Waals surface area contributed by atoms with Gasteiger partial charge in [0.15, 0.2) is 0 Å². The van der Waals surface area contributed by atoms with Crippen LogP contribution in [0.2, 0.25) is 0 Å². The Hall–Kier alpha value is -0.670. The summed E-state index contributed by atoms with van der Waals surface area (Å²) < 4.78 is 6.35. The lowest BCUT2D eigenvalue weighted by Crippen LogP contribution is -2.49. The van der Waals surface area contributed by atoms with E-state index in [-0.39, 0.29) is 24.0 Å². The Morgan fingerprint density at radius 2 is 2.14 bits per heavy atom. The van der Waals surface area contributed by atoms with E-state index < -0.39 is 5.60 Å². The number of ketones is 1. The molecule has 1 saturated heterocycles. The second-order valence-corrected chi connectivity index (χ2v) is 8.26. The Balaban J connectivity index is 2.02. The number of carbonyl (C=O) groups excluding carboxylic acids is 1. The van der Waals surface area contributed by atoms with Crippen LogP contribution in [0.5, 0.6) is 0 Å². The van der Waals surface area contributed by atoms with Crippen LogP contribution in [-0.2, 0) is 9.53 Å². The quantitative estimate of drug-likeness (QED) is 0.754. The maximum absolute atomic E-state index is 12.6. The summed E-state index contributed by atoms with van der Waals surface area (Å²) in [7, 11) is 0. The van der Waals surface area contributed by atoms with E-state index in [0.29, 0.717) is 30.5 Å².